The Balaban J connectivity index is 2.51. The summed E-state index contributed by atoms with van der Waals surface area (Å²) in [4.78, 5) is 14.8. The molecule has 1 heterocycles. The van der Waals surface area contributed by atoms with Crippen molar-refractivity contribution >= 4 is 22.5 Å². The van der Waals surface area contributed by atoms with Gasteiger partial charge in [0.15, 0.2) is 0 Å². The predicted molar refractivity (Wildman–Crippen MR) is 80.9 cm³/mol. The van der Waals surface area contributed by atoms with Crippen LogP contribution in [-0.2, 0) is 6.61 Å². The molecule has 0 aliphatic heterocycles. The van der Waals surface area contributed by atoms with E-state index in [9.17, 15) is 14.3 Å². The van der Waals surface area contributed by atoms with Crippen molar-refractivity contribution in [2.24, 2.45) is 0 Å². The lowest BCUT2D eigenvalue weighted by atomic mass is 9.96. The molecule has 0 unspecified atom stereocenters. The van der Waals surface area contributed by atoms with Crippen molar-refractivity contribution in [3.63, 3.8) is 0 Å². The number of pyridine rings is 1. The minimum atomic E-state index is -0.485. The van der Waals surface area contributed by atoms with Crippen LogP contribution in [0.4, 0.5) is 4.39 Å². The third kappa shape index (κ3) is 2.33. The molecular weight excluding hydrogens is 293 g/mol. The largest absolute Gasteiger partial charge is 0.391 e. The van der Waals surface area contributed by atoms with Crippen LogP contribution in [0.15, 0.2) is 47.3 Å². The molecule has 3 rings (SSSR count). The number of hydrogen-bond acceptors (Lipinski definition) is 2. The maximum absolute atomic E-state index is 14.1. The Morgan fingerprint density at radius 1 is 1.19 bits per heavy atom. The predicted octanol–water partition coefficient (Wildman–Crippen LogP) is 3.48. The van der Waals surface area contributed by atoms with Crippen LogP contribution in [0.1, 0.15) is 5.56 Å². The van der Waals surface area contributed by atoms with Crippen molar-refractivity contribution in [2.75, 3.05) is 0 Å². The number of aromatic amines is 1. The Hall–Kier alpha value is -2.17. The van der Waals surface area contributed by atoms with Crippen molar-refractivity contribution in [3.05, 3.63) is 69.2 Å². The van der Waals surface area contributed by atoms with Crippen LogP contribution in [0.5, 0.6) is 0 Å². The average Bonchev–Trinajstić information content (AvgIpc) is 2.47. The van der Waals surface area contributed by atoms with Gasteiger partial charge in [0.05, 0.1) is 12.2 Å². The number of halogens is 2. The molecule has 0 radical (unpaired) electrons. The maximum atomic E-state index is 14.1. The summed E-state index contributed by atoms with van der Waals surface area (Å²) in [6.07, 6.45) is 0. The Morgan fingerprint density at radius 3 is 2.67 bits per heavy atom. The van der Waals surface area contributed by atoms with Gasteiger partial charge < -0.3 is 10.1 Å². The molecular formula is C16H11ClFNO2. The first-order valence-electron chi connectivity index (χ1n) is 6.32. The topological polar surface area (TPSA) is 53.1 Å². The molecule has 21 heavy (non-hydrogen) atoms. The SMILES string of the molecule is O=c1[nH]c2ccc(Cl)cc2c(-c2ccccc2F)c1CO. The summed E-state index contributed by atoms with van der Waals surface area (Å²) < 4.78 is 14.1. The standard InChI is InChI=1S/C16H11ClFNO2/c17-9-5-6-14-11(7-9)15(12(8-20)16(21)19-14)10-3-1-2-4-13(10)18/h1-7,20H,8H2,(H,19,21). The molecule has 0 aliphatic rings. The lowest BCUT2D eigenvalue weighted by Crippen LogP contribution is -2.15. The number of hydrogen-bond donors (Lipinski definition) is 2. The van der Waals surface area contributed by atoms with E-state index >= 15 is 0 Å². The van der Waals surface area contributed by atoms with E-state index in [1.165, 1.54) is 6.07 Å². The van der Waals surface area contributed by atoms with Crippen LogP contribution in [0.25, 0.3) is 22.0 Å². The number of H-pyrrole nitrogens is 1. The molecule has 2 aromatic carbocycles. The van der Waals surface area contributed by atoms with E-state index in [2.05, 4.69) is 4.98 Å². The number of rotatable bonds is 2. The van der Waals surface area contributed by atoms with Crippen LogP contribution in [-0.4, -0.2) is 10.1 Å². The third-order valence-electron chi connectivity index (χ3n) is 3.38. The highest BCUT2D eigenvalue weighted by atomic mass is 35.5. The summed E-state index contributed by atoms with van der Waals surface area (Å²) in [6.45, 7) is -0.485. The lowest BCUT2D eigenvalue weighted by Gasteiger charge is -2.12. The smallest absolute Gasteiger partial charge is 0.254 e. The lowest BCUT2D eigenvalue weighted by molar-refractivity contribution is 0.281. The molecule has 2 N–H and O–H groups in total. The van der Waals surface area contributed by atoms with Gasteiger partial charge in [-0.05, 0) is 24.3 Å². The first-order chi connectivity index (χ1) is 10.1. The van der Waals surface area contributed by atoms with Crippen LogP contribution >= 0.6 is 11.6 Å². The Morgan fingerprint density at radius 2 is 1.95 bits per heavy atom. The quantitative estimate of drug-likeness (QED) is 0.761. The fourth-order valence-electron chi connectivity index (χ4n) is 2.43. The van der Waals surface area contributed by atoms with Crippen LogP contribution in [0, 0.1) is 5.82 Å². The summed E-state index contributed by atoms with van der Waals surface area (Å²) >= 11 is 6.00. The second-order valence-electron chi connectivity index (χ2n) is 4.64. The number of nitrogens with one attached hydrogen (secondary N) is 1. The molecule has 0 bridgehead atoms. The molecule has 0 saturated heterocycles. The van der Waals surface area contributed by atoms with Gasteiger partial charge in [0.25, 0.3) is 5.56 Å². The zero-order valence-corrected chi connectivity index (χ0v) is 11.6. The van der Waals surface area contributed by atoms with E-state index in [-0.39, 0.29) is 11.1 Å². The zero-order chi connectivity index (χ0) is 15.0. The molecule has 0 fully saturated rings. The third-order valence-corrected chi connectivity index (χ3v) is 3.61. The number of aliphatic hydroxyl groups is 1. The Kier molecular flexibility index (Phi) is 3.49. The maximum Gasteiger partial charge on any atom is 0.254 e. The van der Waals surface area contributed by atoms with Gasteiger partial charge in [-0.3, -0.25) is 4.79 Å². The molecule has 3 nitrogen and oxygen atoms in total. The second kappa shape index (κ2) is 5.31. The van der Waals surface area contributed by atoms with Crippen LogP contribution in [0.2, 0.25) is 5.02 Å². The fraction of sp³-hybridized carbons (Fsp3) is 0.0625. The van der Waals surface area contributed by atoms with Crippen molar-refractivity contribution in [1.82, 2.24) is 4.98 Å². The Bertz CT molecular complexity index is 889. The first kappa shape index (κ1) is 13.8. The van der Waals surface area contributed by atoms with Gasteiger partial charge in [0.1, 0.15) is 5.82 Å². The molecule has 5 heteroatoms. The normalized spacial score (nSPS) is 11.0. The highest BCUT2D eigenvalue weighted by molar-refractivity contribution is 6.31. The molecule has 106 valence electrons. The van der Waals surface area contributed by atoms with Crippen LogP contribution < -0.4 is 5.56 Å². The van der Waals surface area contributed by atoms with E-state index in [0.29, 0.717) is 21.5 Å². The molecule has 1 aromatic heterocycles. The van der Waals surface area contributed by atoms with Crippen molar-refractivity contribution < 1.29 is 9.50 Å². The molecule has 0 spiro atoms. The number of aliphatic hydroxyl groups excluding tert-OH is 1. The minimum Gasteiger partial charge on any atom is -0.391 e. The van der Waals surface area contributed by atoms with Gasteiger partial charge in [-0.25, -0.2) is 4.39 Å². The second-order valence-corrected chi connectivity index (χ2v) is 5.07. The van der Waals surface area contributed by atoms with Gasteiger partial charge in [-0.1, -0.05) is 29.8 Å². The summed E-state index contributed by atoms with van der Waals surface area (Å²) in [5.41, 5.74) is 0.858. The monoisotopic (exact) mass is 303 g/mol. The van der Waals surface area contributed by atoms with Gasteiger partial charge in [0.2, 0.25) is 0 Å². The van der Waals surface area contributed by atoms with Crippen molar-refractivity contribution in [2.45, 2.75) is 6.61 Å². The molecule has 0 atom stereocenters. The van der Waals surface area contributed by atoms with Crippen molar-refractivity contribution in [1.29, 1.82) is 0 Å². The number of benzene rings is 2. The van der Waals surface area contributed by atoms with Crippen molar-refractivity contribution in [3.8, 4) is 11.1 Å². The molecule has 0 aliphatic carbocycles. The Labute approximate surface area is 124 Å². The molecule has 3 aromatic rings. The highest BCUT2D eigenvalue weighted by Crippen LogP contribution is 2.32. The molecule has 0 saturated carbocycles. The number of fused-ring (bicyclic) bond motifs is 1. The van der Waals surface area contributed by atoms with Gasteiger partial charge in [0, 0.05) is 27.1 Å². The van der Waals surface area contributed by atoms with E-state index < -0.39 is 18.0 Å². The van der Waals surface area contributed by atoms with Gasteiger partial charge in [-0.15, -0.1) is 0 Å². The van der Waals surface area contributed by atoms with Crippen LogP contribution in [0.3, 0.4) is 0 Å². The average molecular weight is 304 g/mol. The molecule has 0 amide bonds. The summed E-state index contributed by atoms with van der Waals surface area (Å²) in [5, 5.41) is 10.6. The van der Waals surface area contributed by atoms with E-state index in [1.54, 1.807) is 36.4 Å². The highest BCUT2D eigenvalue weighted by Gasteiger charge is 2.16. The summed E-state index contributed by atoms with van der Waals surface area (Å²) in [7, 11) is 0. The summed E-state index contributed by atoms with van der Waals surface area (Å²) in [5.74, 6) is -0.459. The fourth-order valence-corrected chi connectivity index (χ4v) is 2.60. The minimum absolute atomic E-state index is 0.120. The first-order valence-corrected chi connectivity index (χ1v) is 6.70. The van der Waals surface area contributed by atoms with Gasteiger partial charge in [-0.2, -0.15) is 0 Å². The van der Waals surface area contributed by atoms with E-state index in [1.807, 2.05) is 0 Å². The van der Waals surface area contributed by atoms with E-state index in [4.69, 9.17) is 11.6 Å². The number of aromatic nitrogens is 1. The summed E-state index contributed by atoms with van der Waals surface area (Å²) in [6, 6.07) is 11.1. The van der Waals surface area contributed by atoms with E-state index in [0.717, 1.165) is 0 Å². The zero-order valence-electron chi connectivity index (χ0n) is 10.9. The van der Waals surface area contributed by atoms with Gasteiger partial charge >= 0.3 is 0 Å².